The van der Waals surface area contributed by atoms with Crippen molar-refractivity contribution in [1.29, 1.82) is 0 Å². The zero-order chi connectivity index (χ0) is 23.4. The second-order valence-electron chi connectivity index (χ2n) is 9.10. The van der Waals surface area contributed by atoms with Gasteiger partial charge in [0.2, 0.25) is 0 Å². The van der Waals surface area contributed by atoms with Gasteiger partial charge < -0.3 is 28.8 Å². The largest absolute Gasteiger partial charge is 0.496 e. The molecule has 0 amide bonds. The highest BCUT2D eigenvalue weighted by Crippen LogP contribution is 2.50. The van der Waals surface area contributed by atoms with Crippen molar-refractivity contribution in [3.05, 3.63) is 42.0 Å². The van der Waals surface area contributed by atoms with Crippen LogP contribution < -0.4 is 19.1 Å². The van der Waals surface area contributed by atoms with Gasteiger partial charge >= 0.3 is 0 Å². The van der Waals surface area contributed by atoms with E-state index in [1.165, 1.54) is 0 Å². The van der Waals surface area contributed by atoms with Gasteiger partial charge in [-0.1, -0.05) is 18.6 Å². The zero-order valence-electron chi connectivity index (χ0n) is 20.1. The number of carbonyl (C=O) groups is 1. The molecule has 0 bridgehead atoms. The van der Waals surface area contributed by atoms with Crippen LogP contribution in [0.5, 0.6) is 11.5 Å². The Hall–Kier alpha value is -2.38. The van der Waals surface area contributed by atoms with Crippen molar-refractivity contribution in [2.24, 2.45) is 0 Å². The number of rotatable bonds is 9. The minimum atomic E-state index is -0.435. The Morgan fingerprint density at radius 3 is 2.52 bits per heavy atom. The van der Waals surface area contributed by atoms with Gasteiger partial charge in [0.05, 0.1) is 28.8 Å². The zero-order valence-corrected chi connectivity index (χ0v) is 20.9. The Morgan fingerprint density at radius 1 is 1.18 bits per heavy atom. The monoisotopic (exact) mass is 469 g/mol. The number of aldehydes is 1. The van der Waals surface area contributed by atoms with E-state index < -0.39 is 5.41 Å². The van der Waals surface area contributed by atoms with E-state index in [4.69, 9.17) is 9.47 Å². The molecule has 1 saturated heterocycles. The van der Waals surface area contributed by atoms with Crippen molar-refractivity contribution in [2.75, 3.05) is 51.0 Å². The molecular formula is C26H35N3O3S. The van der Waals surface area contributed by atoms with Gasteiger partial charge in [-0.05, 0) is 68.4 Å². The first-order valence-corrected chi connectivity index (χ1v) is 12.5. The third kappa shape index (κ3) is 4.94. The maximum Gasteiger partial charge on any atom is 0.145 e. The topological polar surface area (TPSA) is 54.0 Å². The number of likely N-dealkylation sites (tertiary alicyclic amines) is 1. The number of hydrogen-bond acceptors (Lipinski definition) is 7. The van der Waals surface area contributed by atoms with Gasteiger partial charge in [-0.15, -0.1) is 0 Å². The molecule has 1 aliphatic carbocycles. The molecule has 2 aromatic carbocycles. The second-order valence-corrected chi connectivity index (χ2v) is 10.3. The molecule has 0 atom stereocenters. The lowest BCUT2D eigenvalue weighted by molar-refractivity contribution is -0.115. The Balaban J connectivity index is 1.70. The van der Waals surface area contributed by atoms with Gasteiger partial charge in [0.25, 0.3) is 0 Å². The van der Waals surface area contributed by atoms with E-state index in [2.05, 4.69) is 39.8 Å². The van der Waals surface area contributed by atoms with E-state index in [1.807, 2.05) is 32.3 Å². The fraction of sp³-hybridized carbons (Fsp3) is 0.500. The van der Waals surface area contributed by atoms with Gasteiger partial charge in [0.1, 0.15) is 23.9 Å². The molecule has 33 heavy (non-hydrogen) atoms. The summed E-state index contributed by atoms with van der Waals surface area (Å²) in [5.74, 6) is 1.67. The second kappa shape index (κ2) is 10.3. The van der Waals surface area contributed by atoms with Crippen LogP contribution in [0.1, 0.15) is 37.7 Å². The first-order chi connectivity index (χ1) is 16.0. The summed E-state index contributed by atoms with van der Waals surface area (Å²) in [6, 6.07) is 12.3. The molecule has 1 aliphatic heterocycles. The fourth-order valence-electron chi connectivity index (χ4n) is 4.71. The van der Waals surface area contributed by atoms with Crippen molar-refractivity contribution in [3.8, 4) is 11.5 Å². The third-order valence-corrected chi connectivity index (χ3v) is 7.99. The number of piperidine rings is 1. The van der Waals surface area contributed by atoms with Crippen molar-refractivity contribution < 1.29 is 14.3 Å². The maximum absolute atomic E-state index is 12.3. The van der Waals surface area contributed by atoms with E-state index >= 15 is 0 Å². The van der Waals surface area contributed by atoms with Gasteiger partial charge in [-0.25, -0.2) is 0 Å². The quantitative estimate of drug-likeness (QED) is 0.411. The minimum Gasteiger partial charge on any atom is -0.496 e. The Kier molecular flexibility index (Phi) is 7.39. The molecule has 7 heteroatoms. The molecule has 1 saturated carbocycles. The molecule has 6 nitrogen and oxygen atoms in total. The van der Waals surface area contributed by atoms with Crippen LogP contribution in [0.4, 0.5) is 11.4 Å². The summed E-state index contributed by atoms with van der Waals surface area (Å²) in [4.78, 5) is 15.6. The molecule has 2 aromatic rings. The fourth-order valence-corrected chi connectivity index (χ4v) is 5.60. The number of para-hydroxylation sites is 1. The summed E-state index contributed by atoms with van der Waals surface area (Å²) >= 11 is 1.61. The standard InChI is InChI=1S/C26H35N3O3S/c1-27-25-21(26(18-30)12-7-13-26)16-19(17-23(25)32-20-10-14-28(2)15-11-20)29(3)33-24-9-6-5-8-22(24)31-4/h5-6,8-9,16-18,20,27H,7,10-15H2,1-4H3. The van der Waals surface area contributed by atoms with Crippen LogP contribution in [-0.2, 0) is 10.2 Å². The minimum absolute atomic E-state index is 0.178. The van der Waals surface area contributed by atoms with Crippen molar-refractivity contribution >= 4 is 29.6 Å². The van der Waals surface area contributed by atoms with Crippen LogP contribution in [0.25, 0.3) is 0 Å². The predicted molar refractivity (Wildman–Crippen MR) is 136 cm³/mol. The normalized spacial score (nSPS) is 18.3. The van der Waals surface area contributed by atoms with Crippen LogP contribution in [0.15, 0.2) is 41.3 Å². The molecule has 0 radical (unpaired) electrons. The van der Waals surface area contributed by atoms with Crippen molar-refractivity contribution in [2.45, 2.75) is 48.5 Å². The van der Waals surface area contributed by atoms with Gasteiger partial charge in [0.15, 0.2) is 0 Å². The molecule has 1 heterocycles. The number of methoxy groups -OCH3 is 1. The first kappa shape index (κ1) is 23.8. The van der Waals surface area contributed by atoms with Crippen LogP contribution in [0, 0.1) is 0 Å². The van der Waals surface area contributed by atoms with Crippen LogP contribution >= 0.6 is 11.9 Å². The number of benzene rings is 2. The van der Waals surface area contributed by atoms with Gasteiger partial charge in [-0.3, -0.25) is 0 Å². The molecule has 0 spiro atoms. The lowest BCUT2D eigenvalue weighted by Crippen LogP contribution is -2.37. The number of hydrogen-bond donors (Lipinski definition) is 1. The van der Waals surface area contributed by atoms with E-state index in [9.17, 15) is 4.79 Å². The van der Waals surface area contributed by atoms with Gasteiger partial charge in [-0.2, -0.15) is 0 Å². The smallest absolute Gasteiger partial charge is 0.145 e. The number of carbonyl (C=O) groups excluding carboxylic acids is 1. The molecular weight excluding hydrogens is 434 g/mol. The summed E-state index contributed by atoms with van der Waals surface area (Å²) in [6.07, 6.45) is 6.16. The molecule has 178 valence electrons. The SMILES string of the molecule is CNc1c(OC2CCN(C)CC2)cc(N(C)Sc2ccccc2OC)cc1C1(C=O)CCC1. The van der Waals surface area contributed by atoms with Gasteiger partial charge in [0, 0.05) is 33.3 Å². The number of nitrogens with one attached hydrogen (secondary N) is 1. The van der Waals surface area contributed by atoms with Crippen molar-refractivity contribution in [1.82, 2.24) is 4.90 Å². The van der Waals surface area contributed by atoms with Crippen LogP contribution in [0.3, 0.4) is 0 Å². The highest BCUT2D eigenvalue weighted by atomic mass is 32.2. The Bertz CT molecular complexity index is 971. The highest BCUT2D eigenvalue weighted by molar-refractivity contribution is 8.00. The Morgan fingerprint density at radius 2 is 1.91 bits per heavy atom. The molecule has 0 unspecified atom stereocenters. The lowest BCUT2D eigenvalue weighted by Gasteiger charge is -2.40. The van der Waals surface area contributed by atoms with Crippen molar-refractivity contribution in [3.63, 3.8) is 0 Å². The van der Waals surface area contributed by atoms with E-state index in [0.717, 1.165) is 84.8 Å². The summed E-state index contributed by atoms with van der Waals surface area (Å²) in [7, 11) is 7.81. The molecule has 2 fully saturated rings. The number of ether oxygens (including phenoxy) is 2. The Labute approximate surface area is 201 Å². The number of nitrogens with zero attached hydrogens (tertiary/aromatic N) is 2. The third-order valence-electron chi connectivity index (χ3n) is 6.97. The molecule has 2 aliphatic rings. The average molecular weight is 470 g/mol. The summed E-state index contributed by atoms with van der Waals surface area (Å²) < 4.78 is 14.3. The average Bonchev–Trinajstić information content (AvgIpc) is 2.80. The van der Waals surface area contributed by atoms with Crippen LogP contribution in [-0.4, -0.2) is 58.6 Å². The van der Waals surface area contributed by atoms with Crippen LogP contribution in [0.2, 0.25) is 0 Å². The van der Waals surface area contributed by atoms with E-state index in [0.29, 0.717) is 0 Å². The van der Waals surface area contributed by atoms with E-state index in [1.54, 1.807) is 19.1 Å². The summed E-state index contributed by atoms with van der Waals surface area (Å²) in [5, 5.41) is 3.37. The molecule has 0 aromatic heterocycles. The highest BCUT2D eigenvalue weighted by Gasteiger charge is 2.41. The predicted octanol–water partition coefficient (Wildman–Crippen LogP) is 4.97. The first-order valence-electron chi connectivity index (χ1n) is 11.7. The maximum atomic E-state index is 12.3. The summed E-state index contributed by atoms with van der Waals surface area (Å²) in [5.41, 5.74) is 2.56. The summed E-state index contributed by atoms with van der Waals surface area (Å²) in [6.45, 7) is 2.07. The number of anilines is 2. The molecule has 1 N–H and O–H groups in total. The lowest BCUT2D eigenvalue weighted by atomic mass is 9.65. The van der Waals surface area contributed by atoms with E-state index in [-0.39, 0.29) is 6.10 Å². The molecule has 4 rings (SSSR count).